The van der Waals surface area contributed by atoms with Crippen molar-refractivity contribution in [3.63, 3.8) is 0 Å². The van der Waals surface area contributed by atoms with Crippen LogP contribution in [0.15, 0.2) is 24.3 Å². The summed E-state index contributed by atoms with van der Waals surface area (Å²) >= 11 is 1.38. The van der Waals surface area contributed by atoms with Crippen LogP contribution >= 0.6 is 11.3 Å². The number of aromatic nitrogens is 2. The molecule has 120 valence electrons. The lowest BCUT2D eigenvalue weighted by Crippen LogP contribution is -2.10. The van der Waals surface area contributed by atoms with Gasteiger partial charge in [-0.1, -0.05) is 38.2 Å². The Labute approximate surface area is 138 Å². The molecule has 1 amide bonds. The molecule has 1 aromatic carbocycles. The molecule has 0 aliphatic carbocycles. The number of carbonyl (C=O) groups is 1. The second-order valence-corrected chi connectivity index (χ2v) is 7.08. The summed E-state index contributed by atoms with van der Waals surface area (Å²) in [7, 11) is 0. The van der Waals surface area contributed by atoms with E-state index in [9.17, 15) is 4.79 Å². The second-order valence-electron chi connectivity index (χ2n) is 6.10. The van der Waals surface area contributed by atoms with Gasteiger partial charge in [0.15, 0.2) is 11.5 Å². The number of hydrogen-bond acceptors (Lipinski definition) is 6. The minimum absolute atomic E-state index is 0.0804. The van der Waals surface area contributed by atoms with E-state index in [1.54, 1.807) is 6.08 Å². The average Bonchev–Trinajstić information content (AvgIpc) is 3.12. The normalized spacial score (nSPS) is 13.5. The summed E-state index contributed by atoms with van der Waals surface area (Å²) in [5.74, 6) is 1.15. The first-order valence-corrected chi connectivity index (χ1v) is 7.96. The molecule has 2 heterocycles. The smallest absolute Gasteiger partial charge is 0.250 e. The Morgan fingerprint density at radius 3 is 2.78 bits per heavy atom. The van der Waals surface area contributed by atoms with E-state index >= 15 is 0 Å². The summed E-state index contributed by atoms with van der Waals surface area (Å²) in [4.78, 5) is 12.0. The highest BCUT2D eigenvalue weighted by Crippen LogP contribution is 2.32. The third kappa shape index (κ3) is 3.68. The van der Waals surface area contributed by atoms with Crippen molar-refractivity contribution in [1.29, 1.82) is 0 Å². The number of benzene rings is 1. The fourth-order valence-corrected chi connectivity index (χ4v) is 2.72. The van der Waals surface area contributed by atoms with Gasteiger partial charge in [-0.3, -0.25) is 10.1 Å². The SMILES string of the molecule is CC(C)(C)c1nnc(NC(=O)/C=C/c2ccc3c(c2)OCO3)s1. The first-order valence-electron chi connectivity index (χ1n) is 7.14. The monoisotopic (exact) mass is 331 g/mol. The number of carbonyl (C=O) groups excluding carboxylic acids is 1. The molecule has 0 atom stereocenters. The van der Waals surface area contributed by atoms with Crippen molar-refractivity contribution in [1.82, 2.24) is 10.2 Å². The maximum Gasteiger partial charge on any atom is 0.250 e. The summed E-state index contributed by atoms with van der Waals surface area (Å²) in [5, 5.41) is 12.2. The van der Waals surface area contributed by atoms with E-state index in [1.165, 1.54) is 17.4 Å². The third-order valence-electron chi connectivity index (χ3n) is 3.12. The zero-order valence-corrected chi connectivity index (χ0v) is 13.9. The molecule has 0 spiro atoms. The van der Waals surface area contributed by atoms with Crippen LogP contribution in [-0.2, 0) is 10.2 Å². The van der Waals surface area contributed by atoms with Crippen molar-refractivity contribution in [3.05, 3.63) is 34.8 Å². The van der Waals surface area contributed by atoms with Crippen LogP contribution in [0.2, 0.25) is 0 Å². The van der Waals surface area contributed by atoms with Gasteiger partial charge in [0.1, 0.15) is 5.01 Å². The van der Waals surface area contributed by atoms with Crippen molar-refractivity contribution in [2.24, 2.45) is 0 Å². The molecule has 3 rings (SSSR count). The summed E-state index contributed by atoms with van der Waals surface area (Å²) < 4.78 is 10.6. The number of amides is 1. The molecule has 1 aliphatic heterocycles. The topological polar surface area (TPSA) is 73.3 Å². The molecule has 1 aliphatic rings. The first kappa shape index (κ1) is 15.5. The van der Waals surface area contributed by atoms with E-state index in [0.29, 0.717) is 10.9 Å². The third-order valence-corrected chi connectivity index (χ3v) is 4.38. The van der Waals surface area contributed by atoms with Gasteiger partial charge in [-0.15, -0.1) is 10.2 Å². The first-order chi connectivity index (χ1) is 10.9. The molecule has 1 aromatic heterocycles. The highest BCUT2D eigenvalue weighted by molar-refractivity contribution is 7.15. The summed E-state index contributed by atoms with van der Waals surface area (Å²) in [5.41, 5.74) is 0.778. The Kier molecular flexibility index (Phi) is 4.04. The summed E-state index contributed by atoms with van der Waals surface area (Å²) in [6.07, 6.45) is 3.17. The van der Waals surface area contributed by atoms with Crippen molar-refractivity contribution < 1.29 is 14.3 Å². The number of nitrogens with one attached hydrogen (secondary N) is 1. The second kappa shape index (κ2) is 6.00. The van der Waals surface area contributed by atoms with Crippen LogP contribution in [0.3, 0.4) is 0 Å². The van der Waals surface area contributed by atoms with Gasteiger partial charge in [0.05, 0.1) is 0 Å². The molecule has 0 unspecified atom stereocenters. The van der Waals surface area contributed by atoms with Gasteiger partial charge in [-0.25, -0.2) is 0 Å². The van der Waals surface area contributed by atoms with E-state index in [1.807, 2.05) is 18.2 Å². The fourth-order valence-electron chi connectivity index (χ4n) is 1.91. The van der Waals surface area contributed by atoms with Crippen LogP contribution in [0.1, 0.15) is 31.3 Å². The molecule has 7 heteroatoms. The Hall–Kier alpha value is -2.41. The van der Waals surface area contributed by atoms with E-state index in [4.69, 9.17) is 9.47 Å². The molecular formula is C16H17N3O3S. The van der Waals surface area contributed by atoms with Crippen LogP contribution in [0, 0.1) is 0 Å². The summed E-state index contributed by atoms with van der Waals surface area (Å²) in [6, 6.07) is 5.51. The van der Waals surface area contributed by atoms with Crippen molar-refractivity contribution in [3.8, 4) is 11.5 Å². The zero-order chi connectivity index (χ0) is 16.4. The number of fused-ring (bicyclic) bond motifs is 1. The van der Waals surface area contributed by atoms with E-state index in [0.717, 1.165) is 16.3 Å². The quantitative estimate of drug-likeness (QED) is 0.874. The number of nitrogens with zero attached hydrogens (tertiary/aromatic N) is 2. The number of hydrogen-bond donors (Lipinski definition) is 1. The lowest BCUT2D eigenvalue weighted by Gasteiger charge is -2.12. The minimum atomic E-state index is -0.251. The highest BCUT2D eigenvalue weighted by Gasteiger charge is 2.19. The molecule has 0 radical (unpaired) electrons. The van der Waals surface area contributed by atoms with Gasteiger partial charge in [-0.05, 0) is 23.8 Å². The van der Waals surface area contributed by atoms with Gasteiger partial charge in [0.25, 0.3) is 0 Å². The molecule has 0 fully saturated rings. The fraction of sp³-hybridized carbons (Fsp3) is 0.312. The summed E-state index contributed by atoms with van der Waals surface area (Å²) in [6.45, 7) is 6.39. The van der Waals surface area contributed by atoms with Crippen LogP contribution in [0.5, 0.6) is 11.5 Å². The van der Waals surface area contributed by atoms with Crippen LogP contribution in [0.4, 0.5) is 5.13 Å². The lowest BCUT2D eigenvalue weighted by molar-refractivity contribution is -0.111. The Balaban J connectivity index is 1.64. The maximum atomic E-state index is 12.0. The molecule has 0 saturated heterocycles. The maximum absolute atomic E-state index is 12.0. The number of ether oxygens (including phenoxy) is 2. The van der Waals surface area contributed by atoms with Crippen molar-refractivity contribution >= 4 is 28.5 Å². The lowest BCUT2D eigenvalue weighted by atomic mass is 9.98. The molecule has 0 bridgehead atoms. The Morgan fingerprint density at radius 1 is 1.26 bits per heavy atom. The van der Waals surface area contributed by atoms with Gasteiger partial charge in [0.2, 0.25) is 17.8 Å². The highest BCUT2D eigenvalue weighted by atomic mass is 32.1. The molecule has 6 nitrogen and oxygen atoms in total. The largest absolute Gasteiger partial charge is 0.454 e. The molecular weight excluding hydrogens is 314 g/mol. The molecule has 23 heavy (non-hydrogen) atoms. The van der Waals surface area contributed by atoms with Crippen LogP contribution < -0.4 is 14.8 Å². The minimum Gasteiger partial charge on any atom is -0.454 e. The molecule has 0 saturated carbocycles. The zero-order valence-electron chi connectivity index (χ0n) is 13.1. The van der Waals surface area contributed by atoms with Crippen LogP contribution in [-0.4, -0.2) is 22.9 Å². The van der Waals surface area contributed by atoms with E-state index < -0.39 is 0 Å². The van der Waals surface area contributed by atoms with Crippen LogP contribution in [0.25, 0.3) is 6.08 Å². The average molecular weight is 331 g/mol. The van der Waals surface area contributed by atoms with Gasteiger partial charge >= 0.3 is 0 Å². The standard InChI is InChI=1S/C16H17N3O3S/c1-16(2,3)14-18-19-15(23-14)17-13(20)7-5-10-4-6-11-12(8-10)22-9-21-11/h4-8H,9H2,1-3H3,(H,17,19,20)/b7-5+. The molecule has 1 N–H and O–H groups in total. The number of rotatable bonds is 3. The Morgan fingerprint density at radius 2 is 2.04 bits per heavy atom. The predicted molar refractivity (Wildman–Crippen MR) is 88.8 cm³/mol. The van der Waals surface area contributed by atoms with Crippen molar-refractivity contribution in [2.45, 2.75) is 26.2 Å². The number of anilines is 1. The van der Waals surface area contributed by atoms with Gasteiger partial charge < -0.3 is 9.47 Å². The van der Waals surface area contributed by atoms with Gasteiger partial charge in [-0.2, -0.15) is 0 Å². The Bertz CT molecular complexity index is 762. The van der Waals surface area contributed by atoms with Gasteiger partial charge in [0, 0.05) is 11.5 Å². The van der Waals surface area contributed by atoms with E-state index in [-0.39, 0.29) is 18.1 Å². The predicted octanol–water partition coefficient (Wildman–Crippen LogP) is 3.22. The van der Waals surface area contributed by atoms with Crippen molar-refractivity contribution in [2.75, 3.05) is 12.1 Å². The van der Waals surface area contributed by atoms with E-state index in [2.05, 4.69) is 36.3 Å². The molecule has 2 aromatic rings.